The molecule has 120 valence electrons. The Morgan fingerprint density at radius 2 is 1.32 bits per heavy atom. The van der Waals surface area contributed by atoms with Gasteiger partial charge in [-0.2, -0.15) is 0 Å². The van der Waals surface area contributed by atoms with E-state index < -0.39 is 20.1 Å². The third kappa shape index (κ3) is 4.53. The normalized spacial score (nSPS) is 17.1. The van der Waals surface area contributed by atoms with E-state index in [1.165, 1.54) is 51.4 Å². The molecule has 0 aromatic rings. The molecule has 0 heterocycles. The van der Waals surface area contributed by atoms with Crippen LogP contribution in [0.25, 0.3) is 0 Å². The van der Waals surface area contributed by atoms with E-state index in [-0.39, 0.29) is 5.49 Å². The third-order valence-electron chi connectivity index (χ3n) is 4.76. The van der Waals surface area contributed by atoms with Crippen molar-refractivity contribution >= 4 is 5.49 Å². The molecule has 2 aliphatic rings. The number of allylic oxidation sites excluding steroid dienone is 8. The molecular weight excluding hydrogens is 447 g/mol. The molecule has 0 N–H and O–H groups in total. The summed E-state index contributed by atoms with van der Waals surface area (Å²) in [5, 5.41) is 0. The molecular formula is C20H32HfSi. The van der Waals surface area contributed by atoms with Crippen molar-refractivity contribution in [2.75, 3.05) is 0 Å². The fourth-order valence-electron chi connectivity index (χ4n) is 3.62. The monoisotopic (exact) mass is 480 g/mol. The minimum absolute atomic E-state index is 0.136. The van der Waals surface area contributed by atoms with Gasteiger partial charge in [0.1, 0.15) is 0 Å². The predicted octanol–water partition coefficient (Wildman–Crippen LogP) is 6.66. The van der Waals surface area contributed by atoms with E-state index in [0.717, 1.165) is 0 Å². The Hall–Kier alpha value is 0.0470. The summed E-state index contributed by atoms with van der Waals surface area (Å²) in [5.41, 5.74) is 3.40. The van der Waals surface area contributed by atoms with Gasteiger partial charge in [0.05, 0.1) is 0 Å². The number of hydrogen-bond acceptors (Lipinski definition) is 0. The molecule has 0 bridgehead atoms. The van der Waals surface area contributed by atoms with Gasteiger partial charge < -0.3 is 0 Å². The zero-order valence-corrected chi connectivity index (χ0v) is 19.6. The van der Waals surface area contributed by atoms with Gasteiger partial charge in [0, 0.05) is 0 Å². The summed E-state index contributed by atoms with van der Waals surface area (Å²) >= 11 is -1.76. The Bertz CT molecular complexity index is 510. The van der Waals surface area contributed by atoms with Crippen molar-refractivity contribution in [1.82, 2.24) is 0 Å². The van der Waals surface area contributed by atoms with Crippen LogP contribution in [-0.4, -0.2) is 5.49 Å². The molecule has 0 saturated heterocycles. The van der Waals surface area contributed by atoms with Crippen LogP contribution in [0.5, 0.6) is 0 Å². The van der Waals surface area contributed by atoms with Crippen LogP contribution >= 0.6 is 0 Å². The number of unbranched alkanes of at least 4 members (excludes halogenated alkanes) is 2. The summed E-state index contributed by atoms with van der Waals surface area (Å²) < 4.78 is 3.98. The SMILES string of the molecule is CCCCC1=[C]([Hf]([C]2=C(CCCC)C=CC2)=[Si](C)C)CC=C1. The van der Waals surface area contributed by atoms with Gasteiger partial charge in [-0.25, -0.2) is 0 Å². The molecule has 2 heteroatoms. The molecule has 0 fully saturated rings. The first-order valence-corrected chi connectivity index (χ1v) is 20.6. The van der Waals surface area contributed by atoms with Crippen molar-refractivity contribution in [3.8, 4) is 0 Å². The van der Waals surface area contributed by atoms with Gasteiger partial charge in [0.25, 0.3) is 0 Å². The van der Waals surface area contributed by atoms with E-state index >= 15 is 0 Å². The maximum absolute atomic E-state index is 2.61. The summed E-state index contributed by atoms with van der Waals surface area (Å²) in [6.07, 6.45) is 20.6. The van der Waals surface area contributed by atoms with Crippen molar-refractivity contribution < 1.29 is 20.1 Å². The average Bonchev–Trinajstić information content (AvgIpc) is 3.13. The Labute approximate surface area is 145 Å². The van der Waals surface area contributed by atoms with Crippen LogP contribution in [0.15, 0.2) is 42.1 Å². The van der Waals surface area contributed by atoms with Crippen LogP contribution < -0.4 is 0 Å². The Morgan fingerprint density at radius 1 is 0.864 bits per heavy atom. The standard InChI is InChI=1S/2C9H13.C2H6Si.Hf/c2*1-2-3-6-9-7-4-5-8-9;1-3-2;/h2*4,7H,2-3,5-6H2,1H3;1-2H3;. The fourth-order valence-corrected chi connectivity index (χ4v) is 29.6. The van der Waals surface area contributed by atoms with Gasteiger partial charge in [0.2, 0.25) is 0 Å². The summed E-state index contributed by atoms with van der Waals surface area (Å²) in [4.78, 5) is 0. The predicted molar refractivity (Wildman–Crippen MR) is 98.1 cm³/mol. The average molecular weight is 479 g/mol. The Balaban J connectivity index is 2.34. The van der Waals surface area contributed by atoms with Crippen molar-refractivity contribution in [1.29, 1.82) is 0 Å². The molecule has 0 spiro atoms. The van der Waals surface area contributed by atoms with Crippen molar-refractivity contribution in [3.05, 3.63) is 42.1 Å². The molecule has 0 nitrogen and oxygen atoms in total. The van der Waals surface area contributed by atoms with E-state index in [2.05, 4.69) is 51.2 Å². The maximum atomic E-state index is 2.61. The molecule has 0 aromatic carbocycles. The first-order chi connectivity index (χ1) is 10.7. The molecule has 0 atom stereocenters. The summed E-state index contributed by atoms with van der Waals surface area (Å²) in [6, 6.07) is 0. The van der Waals surface area contributed by atoms with Crippen LogP contribution in [0.1, 0.15) is 65.2 Å². The number of rotatable bonds is 8. The fraction of sp³-hybridized carbons (Fsp3) is 0.600. The zero-order chi connectivity index (χ0) is 15.9. The molecule has 0 unspecified atom stereocenters. The first-order valence-electron chi connectivity index (χ1n) is 9.14. The van der Waals surface area contributed by atoms with Gasteiger partial charge in [-0.1, -0.05) is 0 Å². The van der Waals surface area contributed by atoms with Crippen molar-refractivity contribution in [2.45, 2.75) is 78.3 Å². The van der Waals surface area contributed by atoms with Crippen LogP contribution in [0.2, 0.25) is 13.1 Å². The Kier molecular flexibility index (Phi) is 7.83. The van der Waals surface area contributed by atoms with Crippen LogP contribution in [0.4, 0.5) is 0 Å². The minimum atomic E-state index is -1.76. The quantitative estimate of drug-likeness (QED) is 0.342. The third-order valence-corrected chi connectivity index (χ3v) is 29.6. The summed E-state index contributed by atoms with van der Waals surface area (Å²) in [5.74, 6) is 0. The number of hydrogen-bond donors (Lipinski definition) is 0. The summed E-state index contributed by atoms with van der Waals surface area (Å²) in [7, 11) is 0. The van der Waals surface area contributed by atoms with Crippen LogP contribution in [-0.2, 0) is 20.1 Å². The second-order valence-electron chi connectivity index (χ2n) is 6.80. The molecule has 2 aliphatic carbocycles. The second-order valence-corrected chi connectivity index (χ2v) is 30.7. The Morgan fingerprint density at radius 3 is 1.68 bits per heavy atom. The van der Waals surface area contributed by atoms with Crippen LogP contribution in [0.3, 0.4) is 0 Å². The van der Waals surface area contributed by atoms with Gasteiger partial charge in [-0.15, -0.1) is 0 Å². The first kappa shape index (κ1) is 18.4. The topological polar surface area (TPSA) is 0 Å². The van der Waals surface area contributed by atoms with Gasteiger partial charge >= 0.3 is 146 Å². The van der Waals surface area contributed by atoms with E-state index in [1.54, 1.807) is 11.1 Å². The second kappa shape index (κ2) is 9.37. The van der Waals surface area contributed by atoms with E-state index in [9.17, 15) is 0 Å². The molecule has 0 amide bonds. The van der Waals surface area contributed by atoms with E-state index in [1.807, 2.05) is 6.66 Å². The van der Waals surface area contributed by atoms with Crippen LogP contribution in [0, 0.1) is 0 Å². The molecule has 0 aliphatic heterocycles. The molecule has 0 aromatic heterocycles. The molecule has 22 heavy (non-hydrogen) atoms. The van der Waals surface area contributed by atoms with Gasteiger partial charge in [-0.3, -0.25) is 0 Å². The van der Waals surface area contributed by atoms with Gasteiger partial charge in [0.15, 0.2) is 0 Å². The van der Waals surface area contributed by atoms with Gasteiger partial charge in [-0.05, 0) is 0 Å². The summed E-state index contributed by atoms with van der Waals surface area (Å²) in [6.45, 7) is 9.86. The molecule has 0 saturated carbocycles. The van der Waals surface area contributed by atoms with E-state index in [4.69, 9.17) is 0 Å². The molecule has 0 radical (unpaired) electrons. The molecule has 2 rings (SSSR count). The zero-order valence-electron chi connectivity index (χ0n) is 15.0. The van der Waals surface area contributed by atoms with Crippen molar-refractivity contribution in [2.24, 2.45) is 0 Å². The van der Waals surface area contributed by atoms with E-state index in [0.29, 0.717) is 0 Å². The van der Waals surface area contributed by atoms with Crippen molar-refractivity contribution in [3.63, 3.8) is 0 Å².